The van der Waals surface area contributed by atoms with E-state index in [0.717, 1.165) is 24.2 Å². The average molecular weight is 251 g/mol. The SMILES string of the molecule is CCCNC(c1cncc(F)c1)c1cscn1. The molecule has 2 aromatic heterocycles. The third-order valence-electron chi connectivity index (χ3n) is 2.41. The predicted octanol–water partition coefficient (Wildman–Crippen LogP) is 2.77. The summed E-state index contributed by atoms with van der Waals surface area (Å²) in [7, 11) is 0. The lowest BCUT2D eigenvalue weighted by Crippen LogP contribution is -2.23. The van der Waals surface area contributed by atoms with Crippen LogP contribution in [0.4, 0.5) is 4.39 Å². The first-order valence-electron chi connectivity index (χ1n) is 5.53. The number of hydrogen-bond acceptors (Lipinski definition) is 4. The molecule has 90 valence electrons. The molecule has 1 N–H and O–H groups in total. The Morgan fingerprint density at radius 3 is 3.00 bits per heavy atom. The van der Waals surface area contributed by atoms with Crippen LogP contribution in [0, 0.1) is 5.82 Å². The highest BCUT2D eigenvalue weighted by atomic mass is 32.1. The fourth-order valence-corrected chi connectivity index (χ4v) is 2.21. The highest BCUT2D eigenvalue weighted by Crippen LogP contribution is 2.21. The Labute approximate surface area is 104 Å². The minimum Gasteiger partial charge on any atom is -0.305 e. The summed E-state index contributed by atoms with van der Waals surface area (Å²) in [5.74, 6) is -0.318. The number of nitrogens with zero attached hydrogens (tertiary/aromatic N) is 2. The lowest BCUT2D eigenvalue weighted by molar-refractivity contribution is 0.573. The van der Waals surface area contributed by atoms with Crippen molar-refractivity contribution in [2.24, 2.45) is 0 Å². The van der Waals surface area contributed by atoms with Gasteiger partial charge in [0.1, 0.15) is 5.82 Å². The summed E-state index contributed by atoms with van der Waals surface area (Å²) in [6.07, 6.45) is 3.90. The van der Waals surface area contributed by atoms with E-state index in [4.69, 9.17) is 0 Å². The number of nitrogens with one attached hydrogen (secondary N) is 1. The van der Waals surface area contributed by atoms with Gasteiger partial charge in [-0.15, -0.1) is 11.3 Å². The molecule has 0 radical (unpaired) electrons. The summed E-state index contributed by atoms with van der Waals surface area (Å²) < 4.78 is 13.2. The van der Waals surface area contributed by atoms with Crippen molar-refractivity contribution in [3.63, 3.8) is 0 Å². The standard InChI is InChI=1S/C12H14FN3S/c1-2-3-15-12(11-7-17-8-16-11)9-4-10(13)6-14-5-9/h4-8,12,15H,2-3H2,1H3. The molecule has 0 aromatic carbocycles. The Bertz CT molecular complexity index is 459. The van der Waals surface area contributed by atoms with E-state index in [1.165, 1.54) is 23.6 Å². The van der Waals surface area contributed by atoms with E-state index in [9.17, 15) is 4.39 Å². The molecule has 5 heteroatoms. The minimum absolute atomic E-state index is 0.0793. The quantitative estimate of drug-likeness (QED) is 0.888. The molecule has 2 rings (SSSR count). The molecule has 0 bridgehead atoms. The van der Waals surface area contributed by atoms with Gasteiger partial charge in [-0.1, -0.05) is 6.92 Å². The van der Waals surface area contributed by atoms with E-state index in [2.05, 4.69) is 22.2 Å². The maximum Gasteiger partial charge on any atom is 0.141 e. The van der Waals surface area contributed by atoms with Gasteiger partial charge in [0.2, 0.25) is 0 Å². The van der Waals surface area contributed by atoms with Gasteiger partial charge in [-0.2, -0.15) is 0 Å². The second-order valence-corrected chi connectivity index (χ2v) is 4.46. The number of pyridine rings is 1. The van der Waals surface area contributed by atoms with E-state index < -0.39 is 0 Å². The largest absolute Gasteiger partial charge is 0.305 e. The lowest BCUT2D eigenvalue weighted by Gasteiger charge is -2.16. The Balaban J connectivity index is 2.27. The first-order chi connectivity index (χ1) is 8.31. The first kappa shape index (κ1) is 12.1. The Morgan fingerprint density at radius 1 is 1.47 bits per heavy atom. The summed E-state index contributed by atoms with van der Waals surface area (Å²) >= 11 is 1.53. The van der Waals surface area contributed by atoms with Gasteiger partial charge in [0, 0.05) is 11.6 Å². The molecule has 2 heterocycles. The monoisotopic (exact) mass is 251 g/mol. The minimum atomic E-state index is -0.318. The van der Waals surface area contributed by atoms with Crippen LogP contribution in [0.2, 0.25) is 0 Å². The summed E-state index contributed by atoms with van der Waals surface area (Å²) in [6, 6.07) is 1.42. The van der Waals surface area contributed by atoms with Crippen LogP contribution in [0.3, 0.4) is 0 Å². The predicted molar refractivity (Wildman–Crippen MR) is 66.4 cm³/mol. The summed E-state index contributed by atoms with van der Waals surface area (Å²) in [5, 5.41) is 5.32. The fraction of sp³-hybridized carbons (Fsp3) is 0.333. The molecule has 0 fully saturated rings. The molecule has 1 atom stereocenters. The van der Waals surface area contributed by atoms with Crippen LogP contribution in [-0.2, 0) is 0 Å². The molecule has 0 aliphatic heterocycles. The van der Waals surface area contributed by atoms with E-state index in [-0.39, 0.29) is 11.9 Å². The van der Waals surface area contributed by atoms with Gasteiger partial charge in [0.25, 0.3) is 0 Å². The molecule has 0 amide bonds. The van der Waals surface area contributed by atoms with Crippen molar-refractivity contribution in [1.82, 2.24) is 15.3 Å². The van der Waals surface area contributed by atoms with Crippen molar-refractivity contribution >= 4 is 11.3 Å². The average Bonchev–Trinajstić information content (AvgIpc) is 2.83. The summed E-state index contributed by atoms with van der Waals surface area (Å²) in [4.78, 5) is 8.17. The molecule has 3 nitrogen and oxygen atoms in total. The van der Waals surface area contributed by atoms with Crippen LogP contribution in [0.15, 0.2) is 29.4 Å². The summed E-state index contributed by atoms with van der Waals surface area (Å²) in [6.45, 7) is 2.95. The first-order valence-corrected chi connectivity index (χ1v) is 6.47. The fourth-order valence-electron chi connectivity index (χ4n) is 1.63. The number of hydrogen-bond donors (Lipinski definition) is 1. The van der Waals surface area contributed by atoms with Gasteiger partial charge >= 0.3 is 0 Å². The zero-order valence-electron chi connectivity index (χ0n) is 9.56. The molecule has 0 spiro atoms. The highest BCUT2D eigenvalue weighted by Gasteiger charge is 2.15. The van der Waals surface area contributed by atoms with E-state index in [1.54, 1.807) is 11.7 Å². The van der Waals surface area contributed by atoms with Gasteiger partial charge in [-0.3, -0.25) is 4.98 Å². The van der Waals surface area contributed by atoms with Gasteiger partial charge in [-0.25, -0.2) is 9.37 Å². The molecule has 0 saturated carbocycles. The van der Waals surface area contributed by atoms with E-state index >= 15 is 0 Å². The zero-order valence-corrected chi connectivity index (χ0v) is 10.4. The molecule has 0 aliphatic rings. The second kappa shape index (κ2) is 5.84. The lowest BCUT2D eigenvalue weighted by atomic mass is 10.1. The Morgan fingerprint density at radius 2 is 2.35 bits per heavy atom. The van der Waals surface area contributed by atoms with Crippen molar-refractivity contribution in [3.05, 3.63) is 46.4 Å². The van der Waals surface area contributed by atoms with E-state index in [1.807, 2.05) is 5.38 Å². The maximum absolute atomic E-state index is 13.2. The number of aromatic nitrogens is 2. The third-order valence-corrected chi connectivity index (χ3v) is 3.01. The Hall–Kier alpha value is -1.33. The molecular formula is C12H14FN3S. The zero-order chi connectivity index (χ0) is 12.1. The smallest absolute Gasteiger partial charge is 0.141 e. The van der Waals surface area contributed by atoms with Crippen LogP contribution >= 0.6 is 11.3 Å². The highest BCUT2D eigenvalue weighted by molar-refractivity contribution is 7.07. The maximum atomic E-state index is 13.2. The van der Waals surface area contributed by atoms with Crippen molar-refractivity contribution < 1.29 is 4.39 Å². The van der Waals surface area contributed by atoms with Crippen molar-refractivity contribution in [2.45, 2.75) is 19.4 Å². The number of rotatable bonds is 5. The molecular weight excluding hydrogens is 237 g/mol. The molecule has 0 aliphatic carbocycles. The summed E-state index contributed by atoms with van der Waals surface area (Å²) in [5.41, 5.74) is 3.50. The van der Waals surface area contributed by atoms with Gasteiger partial charge in [0.05, 0.1) is 23.4 Å². The van der Waals surface area contributed by atoms with Crippen LogP contribution in [0.1, 0.15) is 30.6 Å². The van der Waals surface area contributed by atoms with Gasteiger partial charge in [-0.05, 0) is 24.6 Å². The number of thiazole rings is 1. The van der Waals surface area contributed by atoms with E-state index in [0.29, 0.717) is 0 Å². The molecule has 17 heavy (non-hydrogen) atoms. The molecule has 2 aromatic rings. The molecule has 0 saturated heterocycles. The normalized spacial score (nSPS) is 12.6. The van der Waals surface area contributed by atoms with Crippen molar-refractivity contribution in [3.8, 4) is 0 Å². The second-order valence-electron chi connectivity index (χ2n) is 3.74. The topological polar surface area (TPSA) is 37.8 Å². The van der Waals surface area contributed by atoms with Crippen LogP contribution in [-0.4, -0.2) is 16.5 Å². The third kappa shape index (κ3) is 3.08. The van der Waals surface area contributed by atoms with Crippen LogP contribution in [0.5, 0.6) is 0 Å². The van der Waals surface area contributed by atoms with Crippen LogP contribution in [0.25, 0.3) is 0 Å². The Kier molecular flexibility index (Phi) is 4.17. The van der Waals surface area contributed by atoms with Crippen LogP contribution < -0.4 is 5.32 Å². The van der Waals surface area contributed by atoms with Crippen molar-refractivity contribution in [1.29, 1.82) is 0 Å². The molecule has 1 unspecified atom stereocenters. The number of halogens is 1. The van der Waals surface area contributed by atoms with Gasteiger partial charge < -0.3 is 5.32 Å². The van der Waals surface area contributed by atoms with Crippen molar-refractivity contribution in [2.75, 3.05) is 6.54 Å². The van der Waals surface area contributed by atoms with Gasteiger partial charge in [0.15, 0.2) is 0 Å².